The Bertz CT molecular complexity index is 448. The summed E-state index contributed by atoms with van der Waals surface area (Å²) in [7, 11) is 1.73. The molecule has 2 rings (SSSR count). The van der Waals surface area contributed by atoms with Crippen LogP contribution in [0, 0.1) is 0 Å². The Morgan fingerprint density at radius 1 is 1.35 bits per heavy atom. The van der Waals surface area contributed by atoms with Crippen LogP contribution in [0.2, 0.25) is 0 Å². The van der Waals surface area contributed by atoms with E-state index >= 15 is 0 Å². The highest BCUT2D eigenvalue weighted by molar-refractivity contribution is 5.66. The lowest BCUT2D eigenvalue weighted by molar-refractivity contribution is -0.154. The first kappa shape index (κ1) is 14.7. The fourth-order valence-electron chi connectivity index (χ4n) is 1.88. The van der Waals surface area contributed by atoms with E-state index < -0.39 is 12.8 Å². The van der Waals surface area contributed by atoms with Gasteiger partial charge in [-0.3, -0.25) is 0 Å². The van der Waals surface area contributed by atoms with Crippen LogP contribution in [0.25, 0.3) is 0 Å². The largest absolute Gasteiger partial charge is 0.468 e. The van der Waals surface area contributed by atoms with Crippen molar-refractivity contribution in [2.75, 3.05) is 50.2 Å². The maximum atomic E-state index is 12.1. The standard InChI is InChI=1S/C12H16F3N3O2/c1-16-9-2-3-10(20-8-12(13,14)15)17-11(9)18-4-6-19-7-5-18/h2-3,16H,4-8H2,1H3. The molecular weight excluding hydrogens is 275 g/mol. The van der Waals surface area contributed by atoms with E-state index in [1.807, 2.05) is 4.90 Å². The van der Waals surface area contributed by atoms with E-state index in [4.69, 9.17) is 4.74 Å². The maximum absolute atomic E-state index is 12.1. The molecule has 8 heteroatoms. The van der Waals surface area contributed by atoms with Gasteiger partial charge in [-0.25, -0.2) is 0 Å². The lowest BCUT2D eigenvalue weighted by Gasteiger charge is -2.29. The molecule has 0 spiro atoms. The van der Waals surface area contributed by atoms with Crippen LogP contribution in [0.5, 0.6) is 5.88 Å². The first-order valence-electron chi connectivity index (χ1n) is 6.20. The number of nitrogens with one attached hydrogen (secondary N) is 1. The second-order valence-electron chi connectivity index (χ2n) is 4.27. The minimum absolute atomic E-state index is 0.0391. The average Bonchev–Trinajstić information content (AvgIpc) is 2.45. The van der Waals surface area contributed by atoms with Crippen LogP contribution in [0.4, 0.5) is 24.7 Å². The molecule has 1 saturated heterocycles. The fraction of sp³-hybridized carbons (Fsp3) is 0.583. The quantitative estimate of drug-likeness (QED) is 0.918. The number of rotatable bonds is 4. The zero-order chi connectivity index (χ0) is 14.6. The molecule has 1 fully saturated rings. The summed E-state index contributed by atoms with van der Waals surface area (Å²) < 4.78 is 46.4. The summed E-state index contributed by atoms with van der Waals surface area (Å²) in [6.07, 6.45) is -4.37. The predicted molar refractivity (Wildman–Crippen MR) is 68.4 cm³/mol. The molecule has 0 atom stereocenters. The topological polar surface area (TPSA) is 46.6 Å². The number of nitrogens with zero attached hydrogens (tertiary/aromatic N) is 2. The fourth-order valence-corrected chi connectivity index (χ4v) is 1.88. The zero-order valence-electron chi connectivity index (χ0n) is 11.0. The van der Waals surface area contributed by atoms with Crippen LogP contribution in [-0.2, 0) is 4.74 Å². The highest BCUT2D eigenvalue weighted by atomic mass is 19.4. The molecule has 0 radical (unpaired) electrons. The van der Waals surface area contributed by atoms with E-state index in [1.54, 1.807) is 13.1 Å². The lowest BCUT2D eigenvalue weighted by Crippen LogP contribution is -2.37. The van der Waals surface area contributed by atoms with Crippen molar-refractivity contribution in [3.05, 3.63) is 12.1 Å². The Morgan fingerprint density at radius 2 is 2.05 bits per heavy atom. The lowest BCUT2D eigenvalue weighted by atomic mass is 10.3. The van der Waals surface area contributed by atoms with Crippen molar-refractivity contribution < 1.29 is 22.6 Å². The van der Waals surface area contributed by atoms with Gasteiger partial charge >= 0.3 is 6.18 Å². The minimum atomic E-state index is -4.37. The van der Waals surface area contributed by atoms with E-state index in [2.05, 4.69) is 15.0 Å². The van der Waals surface area contributed by atoms with Gasteiger partial charge in [0.15, 0.2) is 12.4 Å². The number of halogens is 3. The summed E-state index contributed by atoms with van der Waals surface area (Å²) in [6.45, 7) is 1.08. The molecule has 20 heavy (non-hydrogen) atoms. The number of hydrogen-bond donors (Lipinski definition) is 1. The van der Waals surface area contributed by atoms with Crippen LogP contribution >= 0.6 is 0 Å². The first-order valence-corrected chi connectivity index (χ1v) is 6.20. The summed E-state index contributed by atoms with van der Waals surface area (Å²) in [5, 5.41) is 2.97. The molecule has 112 valence electrons. The van der Waals surface area contributed by atoms with Crippen molar-refractivity contribution in [2.24, 2.45) is 0 Å². The van der Waals surface area contributed by atoms with Gasteiger partial charge in [0.25, 0.3) is 0 Å². The van der Waals surface area contributed by atoms with Gasteiger partial charge in [0.05, 0.1) is 18.9 Å². The van der Waals surface area contributed by atoms with E-state index in [-0.39, 0.29) is 5.88 Å². The Hall–Kier alpha value is -1.70. The van der Waals surface area contributed by atoms with Crippen LogP contribution in [0.3, 0.4) is 0 Å². The Kier molecular flexibility index (Phi) is 4.53. The summed E-state index contributed by atoms with van der Waals surface area (Å²) >= 11 is 0. The normalized spacial score (nSPS) is 16.1. The van der Waals surface area contributed by atoms with Crippen molar-refractivity contribution in [1.82, 2.24) is 4.98 Å². The molecule has 0 aliphatic carbocycles. The SMILES string of the molecule is CNc1ccc(OCC(F)(F)F)nc1N1CCOCC1. The smallest absolute Gasteiger partial charge is 0.422 e. The van der Waals surface area contributed by atoms with Crippen LogP contribution in [0.15, 0.2) is 12.1 Å². The van der Waals surface area contributed by atoms with Gasteiger partial charge in [-0.05, 0) is 6.07 Å². The van der Waals surface area contributed by atoms with Gasteiger partial charge in [-0.15, -0.1) is 0 Å². The van der Waals surface area contributed by atoms with E-state index in [9.17, 15) is 13.2 Å². The van der Waals surface area contributed by atoms with Gasteiger partial charge in [0.2, 0.25) is 5.88 Å². The average molecular weight is 291 g/mol. The van der Waals surface area contributed by atoms with Crippen molar-refractivity contribution >= 4 is 11.5 Å². The highest BCUT2D eigenvalue weighted by Gasteiger charge is 2.29. The molecule has 1 aliphatic heterocycles. The minimum Gasteiger partial charge on any atom is -0.468 e. The molecule has 1 aromatic heterocycles. The molecular formula is C12H16F3N3O2. The van der Waals surface area contributed by atoms with Crippen molar-refractivity contribution in [3.63, 3.8) is 0 Å². The number of alkyl halides is 3. The molecule has 0 amide bonds. The monoisotopic (exact) mass is 291 g/mol. The van der Waals surface area contributed by atoms with Gasteiger partial charge in [0, 0.05) is 26.2 Å². The van der Waals surface area contributed by atoms with Crippen molar-refractivity contribution in [1.29, 1.82) is 0 Å². The third kappa shape index (κ3) is 3.89. The summed E-state index contributed by atoms with van der Waals surface area (Å²) in [6, 6.07) is 3.07. The number of aromatic nitrogens is 1. The molecule has 0 aromatic carbocycles. The van der Waals surface area contributed by atoms with Crippen LogP contribution in [0.1, 0.15) is 0 Å². The van der Waals surface area contributed by atoms with Gasteiger partial charge < -0.3 is 19.7 Å². The molecule has 1 aromatic rings. The summed E-state index contributed by atoms with van der Waals surface area (Å²) in [5.41, 5.74) is 0.742. The van der Waals surface area contributed by atoms with Crippen LogP contribution < -0.4 is 15.0 Å². The van der Waals surface area contributed by atoms with E-state index in [1.165, 1.54) is 6.07 Å². The molecule has 2 heterocycles. The van der Waals surface area contributed by atoms with Gasteiger partial charge in [0.1, 0.15) is 0 Å². The predicted octanol–water partition coefficient (Wildman–Crippen LogP) is 1.90. The van der Waals surface area contributed by atoms with Crippen molar-refractivity contribution in [2.45, 2.75) is 6.18 Å². The number of anilines is 2. The summed E-state index contributed by atoms with van der Waals surface area (Å²) in [5.74, 6) is 0.540. The van der Waals surface area contributed by atoms with Crippen molar-refractivity contribution in [3.8, 4) is 5.88 Å². The Balaban J connectivity index is 2.15. The zero-order valence-corrected chi connectivity index (χ0v) is 11.0. The Morgan fingerprint density at radius 3 is 2.65 bits per heavy atom. The first-order chi connectivity index (χ1) is 9.49. The van der Waals surface area contributed by atoms with E-state index in [0.29, 0.717) is 32.1 Å². The third-order valence-corrected chi connectivity index (χ3v) is 2.81. The van der Waals surface area contributed by atoms with Crippen LogP contribution in [-0.4, -0.2) is 51.1 Å². The molecule has 1 aliphatic rings. The molecule has 0 unspecified atom stereocenters. The Labute approximate surface area is 114 Å². The molecule has 0 saturated carbocycles. The van der Waals surface area contributed by atoms with Gasteiger partial charge in [-0.1, -0.05) is 0 Å². The maximum Gasteiger partial charge on any atom is 0.422 e. The highest BCUT2D eigenvalue weighted by Crippen LogP contribution is 2.27. The number of ether oxygens (including phenoxy) is 2. The van der Waals surface area contributed by atoms with Gasteiger partial charge in [-0.2, -0.15) is 18.2 Å². The summed E-state index contributed by atoms with van der Waals surface area (Å²) in [4.78, 5) is 6.11. The van der Waals surface area contributed by atoms with E-state index in [0.717, 1.165) is 5.69 Å². The number of morpholine rings is 1. The molecule has 1 N–H and O–H groups in total. The number of hydrogen-bond acceptors (Lipinski definition) is 5. The molecule has 0 bridgehead atoms. The number of pyridine rings is 1. The molecule has 5 nitrogen and oxygen atoms in total. The second kappa shape index (κ2) is 6.17. The second-order valence-corrected chi connectivity index (χ2v) is 4.27. The third-order valence-electron chi connectivity index (χ3n) is 2.81.